The third-order valence-electron chi connectivity index (χ3n) is 7.64. The zero-order valence-corrected chi connectivity index (χ0v) is 23.9. The standard InChI is InChI=1S/C29H37F3N8O/c1-6-23(39-15-22-12-24(39)13-35-22)11-21(9-18(3)29(30,31)32)37-28(41)20-8-7-17(2)27(10-20)40(34)16-26(33)25-14-36-38(5)19(25)4/h6-11,14,16,22,24,35H,12-13,15,33-34H2,1-5H3,(H,37,41)/b18-9+,21-11+,23-6+,26-16-. The number of aromatic nitrogens is 2. The molecular weight excluding hydrogens is 533 g/mol. The summed E-state index contributed by atoms with van der Waals surface area (Å²) in [4.78, 5) is 15.5. The SMILES string of the molecule is C\C=C(/C=C(\C=C(/C)C(F)(F)F)NC(=O)c1ccc(C)c(N(N)/C=C(\N)c2cnn(C)c2C)c1)N1CC2CC1CN2. The van der Waals surface area contributed by atoms with Crippen molar-refractivity contribution in [2.24, 2.45) is 18.6 Å². The molecule has 2 aromatic rings. The van der Waals surface area contributed by atoms with Gasteiger partial charge in [0.2, 0.25) is 0 Å². The molecular formula is C29H37F3N8O. The molecule has 0 aliphatic carbocycles. The normalized spacial score (nSPS) is 20.2. The largest absolute Gasteiger partial charge is 0.412 e. The minimum absolute atomic E-state index is 0.0385. The maximum atomic E-state index is 13.5. The first-order valence-corrected chi connectivity index (χ1v) is 13.3. The van der Waals surface area contributed by atoms with Gasteiger partial charge >= 0.3 is 6.18 Å². The summed E-state index contributed by atoms with van der Waals surface area (Å²) in [7, 11) is 1.80. The highest BCUT2D eigenvalue weighted by Gasteiger charge is 2.38. The Morgan fingerprint density at radius 1 is 1.27 bits per heavy atom. The summed E-state index contributed by atoms with van der Waals surface area (Å²) in [6.07, 6.45) is 4.01. The Bertz CT molecular complexity index is 1440. The molecule has 3 heterocycles. The fraction of sp³-hybridized carbons (Fsp3) is 0.379. The van der Waals surface area contributed by atoms with Gasteiger partial charge in [-0.2, -0.15) is 18.3 Å². The van der Waals surface area contributed by atoms with Gasteiger partial charge in [0, 0.05) is 72.2 Å². The van der Waals surface area contributed by atoms with E-state index in [4.69, 9.17) is 11.6 Å². The van der Waals surface area contributed by atoms with Crippen LogP contribution in [-0.2, 0) is 7.05 Å². The minimum atomic E-state index is -4.54. The number of benzene rings is 1. The summed E-state index contributed by atoms with van der Waals surface area (Å²) in [6, 6.07) is 5.50. The molecule has 2 fully saturated rings. The van der Waals surface area contributed by atoms with Crippen molar-refractivity contribution in [3.05, 3.63) is 88.2 Å². The number of carbonyl (C=O) groups excluding carboxylic acids is 1. The number of halogens is 3. The van der Waals surface area contributed by atoms with Crippen molar-refractivity contribution in [3.8, 4) is 0 Å². The van der Waals surface area contributed by atoms with Gasteiger partial charge in [0.15, 0.2) is 0 Å². The summed E-state index contributed by atoms with van der Waals surface area (Å²) in [5.74, 6) is 5.74. The molecule has 2 aliphatic heterocycles. The number of hydrogen-bond donors (Lipinski definition) is 4. The molecule has 2 aliphatic rings. The van der Waals surface area contributed by atoms with Crippen molar-refractivity contribution in [1.29, 1.82) is 0 Å². The van der Waals surface area contributed by atoms with Crippen molar-refractivity contribution >= 4 is 17.3 Å². The van der Waals surface area contributed by atoms with Crippen LogP contribution in [0.2, 0.25) is 0 Å². The zero-order valence-electron chi connectivity index (χ0n) is 23.9. The number of allylic oxidation sites excluding steroid dienone is 4. The van der Waals surface area contributed by atoms with E-state index in [-0.39, 0.29) is 17.3 Å². The summed E-state index contributed by atoms with van der Waals surface area (Å²) < 4.78 is 42.1. The smallest absolute Gasteiger partial charge is 0.397 e. The Morgan fingerprint density at radius 2 is 2.00 bits per heavy atom. The minimum Gasteiger partial charge on any atom is -0.397 e. The monoisotopic (exact) mass is 570 g/mol. The van der Waals surface area contributed by atoms with Gasteiger partial charge in [-0.3, -0.25) is 14.5 Å². The summed E-state index contributed by atoms with van der Waals surface area (Å²) in [5, 5.41) is 11.6. The molecule has 1 amide bonds. The summed E-state index contributed by atoms with van der Waals surface area (Å²) >= 11 is 0. The number of nitrogens with zero attached hydrogens (tertiary/aromatic N) is 4. The van der Waals surface area contributed by atoms with Crippen molar-refractivity contribution < 1.29 is 18.0 Å². The van der Waals surface area contributed by atoms with Crippen LogP contribution >= 0.6 is 0 Å². The first-order chi connectivity index (χ1) is 19.3. The van der Waals surface area contributed by atoms with Crippen LogP contribution in [0.25, 0.3) is 5.70 Å². The second kappa shape index (κ2) is 11.8. The molecule has 2 atom stereocenters. The molecule has 0 spiro atoms. The molecule has 6 N–H and O–H groups in total. The Balaban J connectivity index is 1.62. The van der Waals surface area contributed by atoms with Crippen LogP contribution in [0.15, 0.2) is 65.8 Å². The number of alkyl halides is 3. The number of carbonyl (C=O) groups is 1. The van der Waals surface area contributed by atoms with Gasteiger partial charge in [-0.15, -0.1) is 0 Å². The molecule has 0 saturated carbocycles. The number of aryl methyl sites for hydroxylation is 2. The van der Waals surface area contributed by atoms with E-state index in [0.717, 1.165) is 55.0 Å². The molecule has 1 aromatic carbocycles. The van der Waals surface area contributed by atoms with Gasteiger partial charge in [0.1, 0.15) is 0 Å². The van der Waals surface area contributed by atoms with Crippen LogP contribution in [0.5, 0.6) is 0 Å². The lowest BCUT2D eigenvalue weighted by Crippen LogP contribution is -2.42. The number of nitrogens with one attached hydrogen (secondary N) is 2. The van der Waals surface area contributed by atoms with Gasteiger partial charge in [0.25, 0.3) is 5.91 Å². The average Bonchev–Trinajstić information content (AvgIpc) is 3.63. The Hall–Kier alpha value is -4.03. The number of hydrogen-bond acceptors (Lipinski definition) is 7. The van der Waals surface area contributed by atoms with E-state index in [2.05, 4.69) is 20.6 Å². The van der Waals surface area contributed by atoms with Gasteiger partial charge in [0.05, 0.1) is 17.6 Å². The van der Waals surface area contributed by atoms with E-state index in [1.165, 1.54) is 11.2 Å². The number of hydrazine groups is 1. The van der Waals surface area contributed by atoms with Crippen molar-refractivity contribution in [1.82, 2.24) is 25.3 Å². The van der Waals surface area contributed by atoms with E-state index in [1.807, 2.05) is 26.8 Å². The second-order valence-electron chi connectivity index (χ2n) is 10.5. The van der Waals surface area contributed by atoms with E-state index in [1.54, 1.807) is 42.2 Å². The van der Waals surface area contributed by atoms with Gasteiger partial charge < -0.3 is 21.3 Å². The molecule has 0 radical (unpaired) electrons. The molecule has 2 unspecified atom stereocenters. The van der Waals surface area contributed by atoms with E-state index in [9.17, 15) is 18.0 Å². The maximum Gasteiger partial charge on any atom is 0.412 e. The van der Waals surface area contributed by atoms with Crippen LogP contribution in [0.1, 0.15) is 47.4 Å². The molecule has 4 rings (SSSR count). The highest BCUT2D eigenvalue weighted by atomic mass is 19.4. The number of amides is 1. The lowest BCUT2D eigenvalue weighted by atomic mass is 10.1. The number of anilines is 1. The first-order valence-electron chi connectivity index (χ1n) is 13.3. The summed E-state index contributed by atoms with van der Waals surface area (Å²) in [6.45, 7) is 8.09. The molecule has 2 saturated heterocycles. The molecule has 41 heavy (non-hydrogen) atoms. The molecule has 220 valence electrons. The first kappa shape index (κ1) is 29.9. The third-order valence-corrected chi connectivity index (χ3v) is 7.64. The van der Waals surface area contributed by atoms with Crippen molar-refractivity contribution in [2.45, 2.75) is 52.4 Å². The highest BCUT2D eigenvalue weighted by molar-refractivity contribution is 5.96. The molecule has 2 bridgehead atoms. The van der Waals surface area contributed by atoms with Crippen LogP contribution in [0.3, 0.4) is 0 Å². The number of rotatable bonds is 8. The third kappa shape index (κ3) is 6.66. The van der Waals surface area contributed by atoms with Crippen molar-refractivity contribution in [2.75, 3.05) is 18.1 Å². The fourth-order valence-corrected chi connectivity index (χ4v) is 5.10. The van der Waals surface area contributed by atoms with Gasteiger partial charge in [-0.1, -0.05) is 12.1 Å². The van der Waals surface area contributed by atoms with Crippen LogP contribution in [-0.4, -0.2) is 51.9 Å². The van der Waals surface area contributed by atoms with E-state index in [0.29, 0.717) is 17.4 Å². The highest BCUT2D eigenvalue weighted by Crippen LogP contribution is 2.30. The van der Waals surface area contributed by atoms with Crippen LogP contribution in [0.4, 0.5) is 18.9 Å². The second-order valence-corrected chi connectivity index (χ2v) is 10.5. The molecule has 1 aromatic heterocycles. The Labute approximate surface area is 238 Å². The predicted molar refractivity (Wildman–Crippen MR) is 154 cm³/mol. The number of fused-ring (bicyclic) bond motifs is 2. The number of piperazine rings is 1. The van der Waals surface area contributed by atoms with E-state index < -0.39 is 17.7 Å². The van der Waals surface area contributed by atoms with Gasteiger partial charge in [-0.05, 0) is 64.0 Å². The lowest BCUT2D eigenvalue weighted by molar-refractivity contribution is -0.0913. The Kier molecular flexibility index (Phi) is 8.64. The fourth-order valence-electron chi connectivity index (χ4n) is 5.10. The molecule has 9 nitrogen and oxygen atoms in total. The number of likely N-dealkylation sites (tertiary alicyclic amines) is 1. The topological polar surface area (TPSA) is 117 Å². The predicted octanol–water partition coefficient (Wildman–Crippen LogP) is 3.75. The van der Waals surface area contributed by atoms with Crippen LogP contribution in [0, 0.1) is 13.8 Å². The quantitative estimate of drug-likeness (QED) is 0.217. The summed E-state index contributed by atoms with van der Waals surface area (Å²) in [5.41, 5.74) is 9.69. The average molecular weight is 571 g/mol. The van der Waals surface area contributed by atoms with Crippen LogP contribution < -0.4 is 27.2 Å². The number of nitrogens with two attached hydrogens (primary N) is 2. The molecule has 12 heteroatoms. The lowest BCUT2D eigenvalue weighted by Gasteiger charge is -2.30. The van der Waals surface area contributed by atoms with Crippen molar-refractivity contribution in [3.63, 3.8) is 0 Å². The maximum absolute atomic E-state index is 13.5. The van der Waals surface area contributed by atoms with E-state index >= 15 is 0 Å². The zero-order chi connectivity index (χ0) is 30.1. The Morgan fingerprint density at radius 3 is 2.56 bits per heavy atom. The van der Waals surface area contributed by atoms with Gasteiger partial charge in [-0.25, -0.2) is 5.84 Å².